The number of carboxylic acid groups (broad SMARTS) is 1. The number of benzene rings is 1. The number of carbonyl (C=O) groups is 2. The quantitative estimate of drug-likeness (QED) is 0.881. The topological polar surface area (TPSA) is 66.4 Å². The van der Waals surface area contributed by atoms with E-state index in [9.17, 15) is 9.59 Å². The number of hydrogen-bond donors (Lipinski definition) is 2. The molecule has 0 bridgehead atoms. The van der Waals surface area contributed by atoms with Crippen molar-refractivity contribution in [1.82, 2.24) is 0 Å². The lowest BCUT2D eigenvalue weighted by molar-refractivity contribution is -0.117. The normalized spacial score (nSPS) is 12.8. The fourth-order valence-electron chi connectivity index (χ4n) is 1.78. The number of aromatic carboxylic acids is 1. The van der Waals surface area contributed by atoms with Crippen LogP contribution in [0.4, 0.5) is 5.69 Å². The SMILES string of the molecule is Cc1cc(NC(=O)CC(C)C(C)(C)C)ccc1C(=O)O. The van der Waals surface area contributed by atoms with Gasteiger partial charge < -0.3 is 10.4 Å². The number of nitrogens with one attached hydrogen (secondary N) is 1. The minimum absolute atomic E-state index is 0.0464. The lowest BCUT2D eigenvalue weighted by atomic mass is 9.80. The highest BCUT2D eigenvalue weighted by Gasteiger charge is 2.22. The zero-order chi connectivity index (χ0) is 15.5. The van der Waals surface area contributed by atoms with Gasteiger partial charge in [0.1, 0.15) is 0 Å². The van der Waals surface area contributed by atoms with Gasteiger partial charge in [-0.15, -0.1) is 0 Å². The van der Waals surface area contributed by atoms with E-state index >= 15 is 0 Å². The van der Waals surface area contributed by atoms with Gasteiger partial charge in [0.25, 0.3) is 0 Å². The Kier molecular flexibility index (Phi) is 4.93. The predicted molar refractivity (Wildman–Crippen MR) is 80.0 cm³/mol. The molecule has 0 aromatic heterocycles. The summed E-state index contributed by atoms with van der Waals surface area (Å²) >= 11 is 0. The third-order valence-electron chi connectivity index (χ3n) is 3.71. The average Bonchev–Trinajstić information content (AvgIpc) is 2.26. The minimum Gasteiger partial charge on any atom is -0.478 e. The summed E-state index contributed by atoms with van der Waals surface area (Å²) < 4.78 is 0. The van der Waals surface area contributed by atoms with Crippen LogP contribution in [0.5, 0.6) is 0 Å². The van der Waals surface area contributed by atoms with Crippen LogP contribution in [0, 0.1) is 18.3 Å². The molecule has 1 aromatic carbocycles. The number of aryl methyl sites for hydroxylation is 1. The number of carboxylic acids is 1. The van der Waals surface area contributed by atoms with Gasteiger partial charge in [-0.05, 0) is 42.0 Å². The second-order valence-corrected chi connectivity index (χ2v) is 6.35. The minimum atomic E-state index is -0.957. The molecular weight excluding hydrogens is 254 g/mol. The molecule has 4 nitrogen and oxygen atoms in total. The van der Waals surface area contributed by atoms with Gasteiger partial charge in [0.15, 0.2) is 0 Å². The molecular formula is C16H23NO3. The molecule has 0 aliphatic heterocycles. The molecule has 0 aliphatic carbocycles. The van der Waals surface area contributed by atoms with Crippen LogP contribution in [0.3, 0.4) is 0 Å². The molecule has 0 saturated carbocycles. The van der Waals surface area contributed by atoms with E-state index in [1.54, 1.807) is 19.1 Å². The van der Waals surface area contributed by atoms with E-state index in [4.69, 9.17) is 5.11 Å². The Bertz CT molecular complexity index is 515. The van der Waals surface area contributed by atoms with Crippen LogP contribution in [0.2, 0.25) is 0 Å². The first-order valence-electron chi connectivity index (χ1n) is 6.75. The highest BCUT2D eigenvalue weighted by Crippen LogP contribution is 2.28. The van der Waals surface area contributed by atoms with E-state index in [1.165, 1.54) is 6.07 Å². The summed E-state index contributed by atoms with van der Waals surface area (Å²) in [6.07, 6.45) is 0.448. The maximum atomic E-state index is 12.0. The molecule has 0 aliphatic rings. The molecule has 4 heteroatoms. The van der Waals surface area contributed by atoms with E-state index in [1.807, 2.05) is 0 Å². The Morgan fingerprint density at radius 2 is 1.90 bits per heavy atom. The second kappa shape index (κ2) is 6.07. The summed E-state index contributed by atoms with van der Waals surface area (Å²) in [5.74, 6) is -0.737. The van der Waals surface area contributed by atoms with Gasteiger partial charge in [-0.1, -0.05) is 27.7 Å². The van der Waals surface area contributed by atoms with E-state index in [-0.39, 0.29) is 22.8 Å². The van der Waals surface area contributed by atoms with E-state index in [0.29, 0.717) is 17.7 Å². The molecule has 0 radical (unpaired) electrons. The van der Waals surface area contributed by atoms with E-state index in [2.05, 4.69) is 33.0 Å². The Hall–Kier alpha value is -1.84. The van der Waals surface area contributed by atoms with Crippen LogP contribution in [0.15, 0.2) is 18.2 Å². The van der Waals surface area contributed by atoms with E-state index in [0.717, 1.165) is 0 Å². The van der Waals surface area contributed by atoms with Crippen LogP contribution in [-0.4, -0.2) is 17.0 Å². The maximum Gasteiger partial charge on any atom is 0.335 e. The lowest BCUT2D eigenvalue weighted by Gasteiger charge is -2.26. The van der Waals surface area contributed by atoms with Crippen LogP contribution in [-0.2, 0) is 4.79 Å². The molecule has 1 rings (SSSR count). The first-order valence-corrected chi connectivity index (χ1v) is 6.75. The average molecular weight is 277 g/mol. The molecule has 20 heavy (non-hydrogen) atoms. The molecule has 0 spiro atoms. The molecule has 0 saturated heterocycles. The van der Waals surface area contributed by atoms with Gasteiger partial charge in [0.2, 0.25) is 5.91 Å². The predicted octanol–water partition coefficient (Wildman–Crippen LogP) is 3.70. The molecule has 1 atom stereocenters. The van der Waals surface area contributed by atoms with Crippen LogP contribution < -0.4 is 5.32 Å². The van der Waals surface area contributed by atoms with Gasteiger partial charge in [-0.2, -0.15) is 0 Å². The third kappa shape index (κ3) is 4.37. The molecule has 1 amide bonds. The van der Waals surface area contributed by atoms with E-state index < -0.39 is 5.97 Å². The van der Waals surface area contributed by atoms with Crippen molar-refractivity contribution in [3.05, 3.63) is 29.3 Å². The molecule has 2 N–H and O–H groups in total. The Morgan fingerprint density at radius 3 is 2.35 bits per heavy atom. The number of amides is 1. The van der Waals surface area contributed by atoms with Crippen molar-refractivity contribution in [2.24, 2.45) is 11.3 Å². The fourth-order valence-corrected chi connectivity index (χ4v) is 1.78. The maximum absolute atomic E-state index is 12.0. The summed E-state index contributed by atoms with van der Waals surface area (Å²) in [5, 5.41) is 11.8. The Balaban J connectivity index is 2.72. The zero-order valence-electron chi connectivity index (χ0n) is 12.8. The summed E-state index contributed by atoms with van der Waals surface area (Å²) in [7, 11) is 0. The Labute approximate surface area is 120 Å². The van der Waals surface area contributed by atoms with Gasteiger partial charge >= 0.3 is 5.97 Å². The highest BCUT2D eigenvalue weighted by molar-refractivity contribution is 5.93. The number of hydrogen-bond acceptors (Lipinski definition) is 2. The van der Waals surface area contributed by atoms with Crippen molar-refractivity contribution in [2.75, 3.05) is 5.32 Å². The zero-order valence-corrected chi connectivity index (χ0v) is 12.8. The Morgan fingerprint density at radius 1 is 1.30 bits per heavy atom. The standard InChI is InChI=1S/C16H23NO3/c1-10-8-12(6-7-13(10)15(19)20)17-14(18)9-11(2)16(3,4)5/h6-8,11H,9H2,1-5H3,(H,17,18)(H,19,20). The fraction of sp³-hybridized carbons (Fsp3) is 0.500. The van der Waals surface area contributed by atoms with Gasteiger partial charge in [0.05, 0.1) is 5.56 Å². The van der Waals surface area contributed by atoms with Crippen LogP contribution in [0.1, 0.15) is 50.0 Å². The molecule has 0 heterocycles. The number of carbonyl (C=O) groups excluding carboxylic acids is 1. The summed E-state index contributed by atoms with van der Waals surface area (Å²) in [6, 6.07) is 4.82. The number of rotatable bonds is 4. The smallest absolute Gasteiger partial charge is 0.335 e. The largest absolute Gasteiger partial charge is 0.478 e. The molecule has 1 aromatic rings. The van der Waals surface area contributed by atoms with Crippen molar-refractivity contribution in [2.45, 2.75) is 41.0 Å². The van der Waals surface area contributed by atoms with Crippen molar-refractivity contribution in [1.29, 1.82) is 0 Å². The third-order valence-corrected chi connectivity index (χ3v) is 3.71. The van der Waals surface area contributed by atoms with Gasteiger partial charge in [-0.3, -0.25) is 4.79 Å². The number of anilines is 1. The monoisotopic (exact) mass is 277 g/mol. The van der Waals surface area contributed by atoms with Crippen molar-refractivity contribution >= 4 is 17.6 Å². The van der Waals surface area contributed by atoms with Crippen molar-refractivity contribution in [3.8, 4) is 0 Å². The van der Waals surface area contributed by atoms with Crippen LogP contribution >= 0.6 is 0 Å². The molecule has 110 valence electrons. The first-order chi connectivity index (χ1) is 9.11. The van der Waals surface area contributed by atoms with Crippen molar-refractivity contribution in [3.63, 3.8) is 0 Å². The summed E-state index contributed by atoms with van der Waals surface area (Å²) in [5.41, 5.74) is 1.62. The van der Waals surface area contributed by atoms with Gasteiger partial charge in [-0.25, -0.2) is 4.79 Å². The molecule has 1 unspecified atom stereocenters. The van der Waals surface area contributed by atoms with Crippen molar-refractivity contribution < 1.29 is 14.7 Å². The highest BCUT2D eigenvalue weighted by atomic mass is 16.4. The summed E-state index contributed by atoms with van der Waals surface area (Å²) in [6.45, 7) is 10.1. The molecule has 0 fully saturated rings. The van der Waals surface area contributed by atoms with Gasteiger partial charge in [0, 0.05) is 12.1 Å². The summed E-state index contributed by atoms with van der Waals surface area (Å²) in [4.78, 5) is 22.9. The second-order valence-electron chi connectivity index (χ2n) is 6.35. The first kappa shape index (κ1) is 16.2. The van der Waals surface area contributed by atoms with Crippen LogP contribution in [0.25, 0.3) is 0 Å². The lowest BCUT2D eigenvalue weighted by Crippen LogP contribution is -2.24.